The van der Waals surface area contributed by atoms with Gasteiger partial charge in [0.25, 0.3) is 5.91 Å². The molecule has 2 saturated heterocycles. The summed E-state index contributed by atoms with van der Waals surface area (Å²) in [4.78, 5) is 40.8. The third kappa shape index (κ3) is 7.65. The lowest BCUT2D eigenvalue weighted by Gasteiger charge is -2.38. The van der Waals surface area contributed by atoms with Crippen LogP contribution >= 0.6 is 11.6 Å². The topological polar surface area (TPSA) is 131 Å². The second kappa shape index (κ2) is 15.2. The molecule has 3 aromatic heterocycles. The summed E-state index contributed by atoms with van der Waals surface area (Å²) in [6.07, 6.45) is 4.87. The molecule has 0 saturated carbocycles. The van der Waals surface area contributed by atoms with Gasteiger partial charge < -0.3 is 25.4 Å². The standard InChI is InChI=1S/C36H40ClN7O4/c1-22-27(5-4-6-29(22)42-35(46)31-10-7-23(15-40-31)18-44-19-24(20-44)21-47-2)34-33(37)28(13-14-39-34)30-11-8-25(36(43-30)48-3)16-38-17-26-9-12-32(45)41-26/h4-8,10-11,13-15,24,26,38H,9,12,16-21H2,1-3H3,(H,41,45)(H,42,46)/t26-/m1/s1. The molecule has 0 bridgehead atoms. The van der Waals surface area contributed by atoms with Crippen molar-refractivity contribution in [3.8, 4) is 28.4 Å². The Morgan fingerprint density at radius 1 is 1.08 bits per heavy atom. The minimum atomic E-state index is -0.294. The van der Waals surface area contributed by atoms with Crippen molar-refractivity contribution in [1.29, 1.82) is 0 Å². The van der Waals surface area contributed by atoms with Crippen LogP contribution in [0.25, 0.3) is 22.5 Å². The van der Waals surface area contributed by atoms with Crippen LogP contribution in [0, 0.1) is 12.8 Å². The Hall–Kier alpha value is -4.42. The minimum absolute atomic E-state index is 0.0963. The number of hydrogen-bond donors (Lipinski definition) is 3. The number of aromatic nitrogens is 3. The van der Waals surface area contributed by atoms with Gasteiger partial charge in [-0.2, -0.15) is 0 Å². The SMILES string of the molecule is COCC1CN(Cc2ccc(C(=O)Nc3cccc(-c4nccc(-c5ccc(CNC[C@H]6CCC(=O)N6)c(OC)n5)c4Cl)c3C)nc2)C1. The molecule has 3 N–H and O–H groups in total. The maximum Gasteiger partial charge on any atom is 0.274 e. The van der Waals surface area contributed by atoms with Crippen LogP contribution in [0.2, 0.25) is 5.02 Å². The largest absolute Gasteiger partial charge is 0.481 e. The average Bonchev–Trinajstić information content (AvgIpc) is 3.50. The molecule has 2 aliphatic heterocycles. The molecule has 2 aliphatic rings. The van der Waals surface area contributed by atoms with Gasteiger partial charge in [0.2, 0.25) is 11.8 Å². The normalized spacial score (nSPS) is 16.4. The molecule has 0 aliphatic carbocycles. The van der Waals surface area contributed by atoms with Crippen LogP contribution in [0.15, 0.2) is 60.9 Å². The van der Waals surface area contributed by atoms with Crippen LogP contribution < -0.4 is 20.7 Å². The lowest BCUT2D eigenvalue weighted by atomic mass is 10.0. The molecule has 0 unspecified atom stereocenters. The second-order valence-electron chi connectivity index (χ2n) is 12.3. The number of carbonyl (C=O) groups excluding carboxylic acids is 2. The summed E-state index contributed by atoms with van der Waals surface area (Å²) in [6, 6.07) is 15.2. The van der Waals surface area contributed by atoms with Crippen molar-refractivity contribution in [3.05, 3.63) is 88.3 Å². The molecular formula is C36H40ClN7O4. The molecule has 0 spiro atoms. The highest BCUT2D eigenvalue weighted by molar-refractivity contribution is 6.35. The smallest absolute Gasteiger partial charge is 0.274 e. The molecule has 6 rings (SSSR count). The summed E-state index contributed by atoms with van der Waals surface area (Å²) in [5.41, 5.74) is 6.48. The van der Waals surface area contributed by atoms with E-state index in [0.29, 0.717) is 64.7 Å². The summed E-state index contributed by atoms with van der Waals surface area (Å²) >= 11 is 7.00. The predicted molar refractivity (Wildman–Crippen MR) is 185 cm³/mol. The Morgan fingerprint density at radius 2 is 1.94 bits per heavy atom. The number of nitrogens with one attached hydrogen (secondary N) is 3. The lowest BCUT2D eigenvalue weighted by Crippen LogP contribution is -2.47. The van der Waals surface area contributed by atoms with Gasteiger partial charge in [-0.1, -0.05) is 35.9 Å². The summed E-state index contributed by atoms with van der Waals surface area (Å²) in [6.45, 7) is 6.74. The third-order valence-corrected chi connectivity index (χ3v) is 9.21. The number of ether oxygens (including phenoxy) is 2. The van der Waals surface area contributed by atoms with E-state index in [4.69, 9.17) is 26.1 Å². The predicted octanol–water partition coefficient (Wildman–Crippen LogP) is 4.87. The Bertz CT molecular complexity index is 1780. The van der Waals surface area contributed by atoms with Crippen LogP contribution in [0.4, 0.5) is 5.69 Å². The van der Waals surface area contributed by atoms with E-state index in [1.165, 1.54) is 0 Å². The number of halogens is 1. The van der Waals surface area contributed by atoms with Crippen molar-refractivity contribution < 1.29 is 19.1 Å². The fourth-order valence-corrected chi connectivity index (χ4v) is 6.55. The number of likely N-dealkylation sites (tertiary alicyclic amines) is 1. The van der Waals surface area contributed by atoms with Crippen molar-refractivity contribution >= 4 is 29.1 Å². The number of pyridine rings is 3. The first-order chi connectivity index (χ1) is 23.3. The van der Waals surface area contributed by atoms with E-state index in [0.717, 1.165) is 54.9 Å². The average molecular weight is 670 g/mol. The first kappa shape index (κ1) is 33.5. The number of amides is 2. The van der Waals surface area contributed by atoms with Crippen LogP contribution in [0.1, 0.15) is 40.0 Å². The number of rotatable bonds is 13. The first-order valence-electron chi connectivity index (χ1n) is 16.1. The molecule has 5 heterocycles. The number of carbonyl (C=O) groups is 2. The number of benzene rings is 1. The van der Waals surface area contributed by atoms with E-state index < -0.39 is 0 Å². The van der Waals surface area contributed by atoms with Crippen LogP contribution in [-0.2, 0) is 22.6 Å². The molecule has 0 radical (unpaired) electrons. The Labute approximate surface area is 285 Å². The number of anilines is 1. The second-order valence-corrected chi connectivity index (χ2v) is 12.7. The Morgan fingerprint density at radius 3 is 2.67 bits per heavy atom. The van der Waals surface area contributed by atoms with Gasteiger partial charge >= 0.3 is 0 Å². The minimum Gasteiger partial charge on any atom is -0.481 e. The summed E-state index contributed by atoms with van der Waals surface area (Å²) in [5.74, 6) is 0.874. The zero-order valence-electron chi connectivity index (χ0n) is 27.4. The molecule has 11 nitrogen and oxygen atoms in total. The lowest BCUT2D eigenvalue weighted by molar-refractivity contribution is -0.119. The Balaban J connectivity index is 1.13. The maximum atomic E-state index is 13.2. The van der Waals surface area contributed by atoms with Gasteiger partial charge in [-0.15, -0.1) is 0 Å². The zero-order valence-corrected chi connectivity index (χ0v) is 28.1. The van der Waals surface area contributed by atoms with Gasteiger partial charge in [0.05, 0.1) is 30.1 Å². The number of methoxy groups -OCH3 is 2. The highest BCUT2D eigenvalue weighted by Crippen LogP contribution is 2.38. The number of hydrogen-bond acceptors (Lipinski definition) is 9. The molecule has 4 aromatic rings. The molecule has 250 valence electrons. The summed E-state index contributed by atoms with van der Waals surface area (Å²) in [5, 5.41) is 9.80. The molecule has 2 amide bonds. The molecule has 48 heavy (non-hydrogen) atoms. The molecule has 12 heteroatoms. The van der Waals surface area contributed by atoms with Crippen molar-refractivity contribution in [2.24, 2.45) is 5.92 Å². The maximum absolute atomic E-state index is 13.2. The van der Waals surface area contributed by atoms with E-state index in [1.807, 2.05) is 49.4 Å². The zero-order chi connectivity index (χ0) is 33.6. The molecular weight excluding hydrogens is 630 g/mol. The Kier molecular flexibility index (Phi) is 10.6. The monoisotopic (exact) mass is 669 g/mol. The van der Waals surface area contributed by atoms with Gasteiger partial charge in [0, 0.05) is 93.0 Å². The molecule has 2 fully saturated rings. The fraction of sp³-hybridized carbons (Fsp3) is 0.361. The van der Waals surface area contributed by atoms with Crippen LogP contribution in [0.3, 0.4) is 0 Å². The highest BCUT2D eigenvalue weighted by atomic mass is 35.5. The van der Waals surface area contributed by atoms with Gasteiger partial charge in [-0.25, -0.2) is 4.98 Å². The summed E-state index contributed by atoms with van der Waals surface area (Å²) in [7, 11) is 3.32. The van der Waals surface area contributed by atoms with Gasteiger partial charge in [-0.3, -0.25) is 24.5 Å². The number of nitrogens with zero attached hydrogens (tertiary/aromatic N) is 4. The summed E-state index contributed by atoms with van der Waals surface area (Å²) < 4.78 is 10.9. The van der Waals surface area contributed by atoms with E-state index in [2.05, 4.69) is 30.8 Å². The van der Waals surface area contributed by atoms with Gasteiger partial charge in [0.1, 0.15) is 5.69 Å². The van der Waals surface area contributed by atoms with Gasteiger partial charge in [-0.05, 0) is 48.7 Å². The van der Waals surface area contributed by atoms with Crippen LogP contribution in [-0.4, -0.2) is 78.2 Å². The quantitative estimate of drug-likeness (QED) is 0.182. The van der Waals surface area contributed by atoms with Crippen molar-refractivity contribution in [2.45, 2.75) is 38.9 Å². The highest BCUT2D eigenvalue weighted by Gasteiger charge is 2.26. The van der Waals surface area contributed by atoms with Crippen LogP contribution in [0.5, 0.6) is 5.88 Å². The van der Waals surface area contributed by atoms with Crippen molar-refractivity contribution in [1.82, 2.24) is 30.5 Å². The van der Waals surface area contributed by atoms with E-state index in [1.54, 1.807) is 32.7 Å². The third-order valence-electron chi connectivity index (χ3n) is 8.82. The van der Waals surface area contributed by atoms with Crippen molar-refractivity contribution in [3.63, 3.8) is 0 Å². The van der Waals surface area contributed by atoms with E-state index >= 15 is 0 Å². The van der Waals surface area contributed by atoms with Crippen molar-refractivity contribution in [2.75, 3.05) is 45.8 Å². The molecule has 1 aromatic carbocycles. The van der Waals surface area contributed by atoms with E-state index in [9.17, 15) is 9.59 Å². The fourth-order valence-electron chi connectivity index (χ4n) is 6.24. The van der Waals surface area contributed by atoms with Gasteiger partial charge in [0.15, 0.2) is 0 Å². The first-order valence-corrected chi connectivity index (χ1v) is 16.5. The molecule has 1 atom stereocenters. The van der Waals surface area contributed by atoms with E-state index in [-0.39, 0.29) is 17.9 Å².